The largest absolute Gasteiger partial charge is 0.328 e. The minimum atomic E-state index is 0.416. The summed E-state index contributed by atoms with van der Waals surface area (Å²) in [5.41, 5.74) is 6.86. The van der Waals surface area contributed by atoms with E-state index in [0.717, 1.165) is 25.1 Å². The number of aromatic nitrogens is 2. The van der Waals surface area contributed by atoms with Gasteiger partial charge in [-0.25, -0.2) is 0 Å². The molecule has 82 valence electrons. The molecule has 0 saturated heterocycles. The van der Waals surface area contributed by atoms with Crippen molar-refractivity contribution in [2.45, 2.75) is 44.3 Å². The second kappa shape index (κ2) is 5.19. The SMILES string of the molecule is NC1CCC(NCc2cccnn2)CC1. The first-order valence-corrected chi connectivity index (χ1v) is 5.60. The van der Waals surface area contributed by atoms with Gasteiger partial charge in [0, 0.05) is 24.8 Å². The topological polar surface area (TPSA) is 63.8 Å². The maximum absolute atomic E-state index is 5.85. The third-order valence-corrected chi connectivity index (χ3v) is 2.97. The van der Waals surface area contributed by atoms with Gasteiger partial charge in [0.15, 0.2) is 0 Å². The first-order chi connectivity index (χ1) is 7.34. The Morgan fingerprint density at radius 2 is 2.13 bits per heavy atom. The molecule has 1 saturated carbocycles. The van der Waals surface area contributed by atoms with Gasteiger partial charge in [-0.05, 0) is 37.8 Å². The van der Waals surface area contributed by atoms with Crippen LogP contribution in [0.25, 0.3) is 0 Å². The van der Waals surface area contributed by atoms with Gasteiger partial charge >= 0.3 is 0 Å². The quantitative estimate of drug-likeness (QED) is 0.769. The molecule has 4 heteroatoms. The summed E-state index contributed by atoms with van der Waals surface area (Å²) >= 11 is 0. The van der Waals surface area contributed by atoms with Crippen molar-refractivity contribution < 1.29 is 0 Å². The second-order valence-electron chi connectivity index (χ2n) is 4.21. The summed E-state index contributed by atoms with van der Waals surface area (Å²) in [6.07, 6.45) is 6.34. The number of rotatable bonds is 3. The zero-order valence-corrected chi connectivity index (χ0v) is 8.89. The Bertz CT molecular complexity index is 280. The number of nitrogens with one attached hydrogen (secondary N) is 1. The summed E-state index contributed by atoms with van der Waals surface area (Å²) < 4.78 is 0. The molecule has 0 atom stereocenters. The molecule has 0 bridgehead atoms. The van der Waals surface area contributed by atoms with E-state index in [4.69, 9.17) is 5.73 Å². The molecule has 0 unspecified atom stereocenters. The molecule has 1 aromatic rings. The minimum absolute atomic E-state index is 0.416. The molecule has 0 radical (unpaired) electrons. The predicted octanol–water partition coefficient (Wildman–Crippen LogP) is 0.836. The number of hydrogen-bond acceptors (Lipinski definition) is 4. The molecule has 2 rings (SSSR count). The van der Waals surface area contributed by atoms with Gasteiger partial charge in [0.1, 0.15) is 0 Å². The van der Waals surface area contributed by atoms with E-state index in [1.807, 2.05) is 12.1 Å². The lowest BCUT2D eigenvalue weighted by Crippen LogP contribution is -2.37. The van der Waals surface area contributed by atoms with Gasteiger partial charge in [-0.1, -0.05) is 0 Å². The van der Waals surface area contributed by atoms with E-state index >= 15 is 0 Å². The highest BCUT2D eigenvalue weighted by Gasteiger charge is 2.17. The summed E-state index contributed by atoms with van der Waals surface area (Å²) in [7, 11) is 0. The van der Waals surface area contributed by atoms with Crippen LogP contribution in [-0.2, 0) is 6.54 Å². The number of nitrogens with zero attached hydrogens (tertiary/aromatic N) is 2. The van der Waals surface area contributed by atoms with Crippen molar-refractivity contribution in [3.8, 4) is 0 Å². The summed E-state index contributed by atoms with van der Waals surface area (Å²) in [6, 6.07) is 4.93. The van der Waals surface area contributed by atoms with Gasteiger partial charge in [0.05, 0.1) is 5.69 Å². The molecule has 1 aliphatic carbocycles. The molecule has 1 heterocycles. The third-order valence-electron chi connectivity index (χ3n) is 2.97. The van der Waals surface area contributed by atoms with Crippen molar-refractivity contribution in [3.05, 3.63) is 24.0 Å². The van der Waals surface area contributed by atoms with E-state index in [2.05, 4.69) is 15.5 Å². The zero-order chi connectivity index (χ0) is 10.5. The molecule has 0 spiro atoms. The highest BCUT2D eigenvalue weighted by atomic mass is 15.1. The summed E-state index contributed by atoms with van der Waals surface area (Å²) in [4.78, 5) is 0. The molecule has 0 aromatic carbocycles. The van der Waals surface area contributed by atoms with Crippen molar-refractivity contribution in [3.63, 3.8) is 0 Å². The Morgan fingerprint density at radius 3 is 2.80 bits per heavy atom. The first-order valence-electron chi connectivity index (χ1n) is 5.60. The molecule has 15 heavy (non-hydrogen) atoms. The van der Waals surface area contributed by atoms with Gasteiger partial charge in [0.2, 0.25) is 0 Å². The van der Waals surface area contributed by atoms with Crippen LogP contribution in [0.4, 0.5) is 0 Å². The van der Waals surface area contributed by atoms with Gasteiger partial charge in [-0.2, -0.15) is 10.2 Å². The van der Waals surface area contributed by atoms with Crippen LogP contribution < -0.4 is 11.1 Å². The lowest BCUT2D eigenvalue weighted by molar-refractivity contribution is 0.340. The van der Waals surface area contributed by atoms with E-state index < -0.39 is 0 Å². The van der Waals surface area contributed by atoms with E-state index in [1.54, 1.807) is 6.20 Å². The Kier molecular flexibility index (Phi) is 3.64. The van der Waals surface area contributed by atoms with Gasteiger partial charge in [0.25, 0.3) is 0 Å². The zero-order valence-electron chi connectivity index (χ0n) is 8.89. The minimum Gasteiger partial charge on any atom is -0.328 e. The molecule has 4 nitrogen and oxygen atoms in total. The number of hydrogen-bond donors (Lipinski definition) is 2. The van der Waals surface area contributed by atoms with Crippen molar-refractivity contribution in [1.29, 1.82) is 0 Å². The van der Waals surface area contributed by atoms with E-state index in [1.165, 1.54) is 12.8 Å². The fourth-order valence-electron chi connectivity index (χ4n) is 2.00. The predicted molar refractivity (Wildman–Crippen MR) is 59.1 cm³/mol. The van der Waals surface area contributed by atoms with Crippen LogP contribution in [0.5, 0.6) is 0 Å². The van der Waals surface area contributed by atoms with Crippen molar-refractivity contribution in [2.75, 3.05) is 0 Å². The number of nitrogens with two attached hydrogens (primary N) is 1. The molecule has 1 aromatic heterocycles. The molecule has 1 fully saturated rings. The average Bonchev–Trinajstić information content (AvgIpc) is 2.30. The maximum Gasteiger partial charge on any atom is 0.0769 e. The van der Waals surface area contributed by atoms with Crippen molar-refractivity contribution in [1.82, 2.24) is 15.5 Å². The Morgan fingerprint density at radius 1 is 1.33 bits per heavy atom. The molecule has 0 amide bonds. The first kappa shape index (κ1) is 10.5. The smallest absolute Gasteiger partial charge is 0.0769 e. The Balaban J connectivity index is 1.74. The highest BCUT2D eigenvalue weighted by molar-refractivity contribution is 4.98. The normalized spacial score (nSPS) is 26.5. The van der Waals surface area contributed by atoms with Crippen molar-refractivity contribution >= 4 is 0 Å². The third kappa shape index (κ3) is 3.25. The summed E-state index contributed by atoms with van der Waals surface area (Å²) in [5.74, 6) is 0. The Labute approximate surface area is 90.3 Å². The molecular formula is C11H18N4. The molecule has 0 aliphatic heterocycles. The fourth-order valence-corrected chi connectivity index (χ4v) is 2.00. The van der Waals surface area contributed by atoms with Crippen LogP contribution in [0.15, 0.2) is 18.3 Å². The lowest BCUT2D eigenvalue weighted by Gasteiger charge is -2.26. The van der Waals surface area contributed by atoms with Gasteiger partial charge in [-0.15, -0.1) is 0 Å². The van der Waals surface area contributed by atoms with Gasteiger partial charge in [-0.3, -0.25) is 0 Å². The standard InChI is InChI=1S/C11H18N4/c12-9-3-5-10(6-4-9)13-8-11-2-1-7-14-15-11/h1-2,7,9-10,13H,3-6,8,12H2. The van der Waals surface area contributed by atoms with Crippen LogP contribution in [-0.4, -0.2) is 22.3 Å². The Hall–Kier alpha value is -1.00. The highest BCUT2D eigenvalue weighted by Crippen LogP contribution is 2.16. The van der Waals surface area contributed by atoms with Crippen LogP contribution >= 0.6 is 0 Å². The summed E-state index contributed by atoms with van der Waals surface area (Å²) in [6.45, 7) is 0.813. The monoisotopic (exact) mass is 206 g/mol. The molecule has 3 N–H and O–H groups in total. The van der Waals surface area contributed by atoms with Gasteiger partial charge < -0.3 is 11.1 Å². The fraction of sp³-hybridized carbons (Fsp3) is 0.636. The van der Waals surface area contributed by atoms with E-state index in [-0.39, 0.29) is 0 Å². The second-order valence-corrected chi connectivity index (χ2v) is 4.21. The van der Waals surface area contributed by atoms with Crippen LogP contribution in [0.1, 0.15) is 31.4 Å². The summed E-state index contributed by atoms with van der Waals surface area (Å²) in [5, 5.41) is 11.4. The molecule has 1 aliphatic rings. The van der Waals surface area contributed by atoms with Crippen LogP contribution in [0, 0.1) is 0 Å². The van der Waals surface area contributed by atoms with Crippen LogP contribution in [0.2, 0.25) is 0 Å². The van der Waals surface area contributed by atoms with Crippen LogP contribution in [0.3, 0.4) is 0 Å². The van der Waals surface area contributed by atoms with E-state index in [9.17, 15) is 0 Å². The lowest BCUT2D eigenvalue weighted by atomic mass is 9.92. The van der Waals surface area contributed by atoms with E-state index in [0.29, 0.717) is 12.1 Å². The van der Waals surface area contributed by atoms with Crippen molar-refractivity contribution in [2.24, 2.45) is 5.73 Å². The maximum atomic E-state index is 5.85. The molecular weight excluding hydrogens is 188 g/mol. The average molecular weight is 206 g/mol.